The maximum Gasteiger partial charge on any atom is 0.134 e. The van der Waals surface area contributed by atoms with Crippen molar-refractivity contribution >= 4 is 0 Å². The normalized spacial score (nSPS) is 7.90. The molecule has 0 aliphatic heterocycles. The highest BCUT2D eigenvalue weighted by Crippen LogP contribution is 2.05. The van der Waals surface area contributed by atoms with Gasteiger partial charge in [-0.15, -0.1) is 0 Å². The van der Waals surface area contributed by atoms with Crippen LogP contribution in [0.1, 0.15) is 19.4 Å². The lowest BCUT2D eigenvalue weighted by atomic mass is 10.3. The topological polar surface area (TPSA) is 33.1 Å². The Bertz CT molecular complexity index is 169. The van der Waals surface area contributed by atoms with Gasteiger partial charge in [-0.1, -0.05) is 13.8 Å². The summed E-state index contributed by atoms with van der Waals surface area (Å²) in [6.45, 7) is 5.88. The number of rotatable bonds is 0. The summed E-state index contributed by atoms with van der Waals surface area (Å²) in [6.07, 6.45) is 3.10. The van der Waals surface area contributed by atoms with Crippen molar-refractivity contribution in [3.05, 3.63) is 24.0 Å². The number of aromatic nitrogens is 1. The lowest BCUT2D eigenvalue weighted by Crippen LogP contribution is -1.72. The highest BCUT2D eigenvalue weighted by molar-refractivity contribution is 5.20. The highest BCUT2D eigenvalue weighted by Gasteiger charge is 1.84. The molecular weight excluding hydrogens is 126 g/mol. The Labute approximate surface area is 61.5 Å². The number of hydrogen-bond acceptors (Lipinski definition) is 2. The molecule has 0 unspecified atom stereocenters. The minimum atomic E-state index is 0.227. The fraction of sp³-hybridized carbons (Fsp3) is 0.375. The molecule has 0 saturated heterocycles. The van der Waals surface area contributed by atoms with Gasteiger partial charge < -0.3 is 5.11 Å². The average molecular weight is 139 g/mol. The molecule has 0 atom stereocenters. The third-order valence-electron chi connectivity index (χ3n) is 0.861. The molecule has 1 heterocycles. The van der Waals surface area contributed by atoms with E-state index in [2.05, 4.69) is 4.98 Å². The molecule has 0 saturated carbocycles. The van der Waals surface area contributed by atoms with Crippen molar-refractivity contribution in [3.8, 4) is 5.75 Å². The maximum atomic E-state index is 8.75. The molecule has 56 valence electrons. The molecule has 1 N–H and O–H groups in total. The van der Waals surface area contributed by atoms with Crippen molar-refractivity contribution < 1.29 is 5.11 Å². The predicted molar refractivity (Wildman–Crippen MR) is 42.0 cm³/mol. The van der Waals surface area contributed by atoms with Crippen molar-refractivity contribution in [1.82, 2.24) is 4.98 Å². The molecular formula is C8H13NO. The van der Waals surface area contributed by atoms with Crippen LogP contribution in [-0.2, 0) is 0 Å². The Balaban J connectivity index is 0.000000371. The Morgan fingerprint density at radius 3 is 2.20 bits per heavy atom. The fourth-order valence-electron chi connectivity index (χ4n) is 0.539. The lowest BCUT2D eigenvalue weighted by Gasteiger charge is -1.89. The van der Waals surface area contributed by atoms with Gasteiger partial charge in [0.15, 0.2) is 0 Å². The summed E-state index contributed by atoms with van der Waals surface area (Å²) < 4.78 is 0. The molecule has 0 aliphatic rings. The van der Waals surface area contributed by atoms with Crippen molar-refractivity contribution in [2.24, 2.45) is 0 Å². The zero-order chi connectivity index (χ0) is 7.98. The molecule has 0 aliphatic carbocycles. The van der Waals surface area contributed by atoms with Gasteiger partial charge in [0.25, 0.3) is 0 Å². The van der Waals surface area contributed by atoms with Crippen LogP contribution in [0.5, 0.6) is 5.75 Å². The summed E-state index contributed by atoms with van der Waals surface area (Å²) >= 11 is 0. The van der Waals surface area contributed by atoms with E-state index in [9.17, 15) is 0 Å². The third kappa shape index (κ3) is 3.07. The van der Waals surface area contributed by atoms with Gasteiger partial charge in [-0.05, 0) is 18.6 Å². The molecule has 1 aromatic heterocycles. The van der Waals surface area contributed by atoms with E-state index in [0.717, 1.165) is 5.56 Å². The van der Waals surface area contributed by atoms with E-state index in [1.165, 1.54) is 6.20 Å². The Morgan fingerprint density at radius 1 is 1.30 bits per heavy atom. The van der Waals surface area contributed by atoms with Crippen molar-refractivity contribution in [1.29, 1.82) is 0 Å². The van der Waals surface area contributed by atoms with Gasteiger partial charge in [-0.25, -0.2) is 0 Å². The van der Waals surface area contributed by atoms with E-state index >= 15 is 0 Å². The zero-order valence-electron chi connectivity index (χ0n) is 6.63. The van der Waals surface area contributed by atoms with Crippen LogP contribution in [0.2, 0.25) is 0 Å². The van der Waals surface area contributed by atoms with Gasteiger partial charge in [0, 0.05) is 6.20 Å². The number of aryl methyl sites for hydroxylation is 1. The van der Waals surface area contributed by atoms with Gasteiger partial charge >= 0.3 is 0 Å². The van der Waals surface area contributed by atoms with E-state index in [1.807, 2.05) is 20.8 Å². The molecule has 0 amide bonds. The van der Waals surface area contributed by atoms with E-state index in [4.69, 9.17) is 5.11 Å². The SMILES string of the molecule is CC.Cc1cncc(O)c1. The molecule has 10 heavy (non-hydrogen) atoms. The van der Waals surface area contributed by atoms with Crippen LogP contribution >= 0.6 is 0 Å². The monoisotopic (exact) mass is 139 g/mol. The van der Waals surface area contributed by atoms with E-state index in [0.29, 0.717) is 0 Å². The second kappa shape index (κ2) is 4.79. The van der Waals surface area contributed by atoms with Gasteiger partial charge in [0.05, 0.1) is 6.20 Å². The first-order chi connectivity index (χ1) is 4.79. The van der Waals surface area contributed by atoms with E-state index < -0.39 is 0 Å². The fourth-order valence-corrected chi connectivity index (χ4v) is 0.539. The summed E-state index contributed by atoms with van der Waals surface area (Å²) in [7, 11) is 0. The molecule has 1 aromatic rings. The quantitative estimate of drug-likeness (QED) is 0.597. The summed E-state index contributed by atoms with van der Waals surface area (Å²) in [5.74, 6) is 0.227. The second-order valence-electron chi connectivity index (χ2n) is 1.72. The zero-order valence-corrected chi connectivity index (χ0v) is 6.63. The number of pyridine rings is 1. The van der Waals surface area contributed by atoms with Crippen LogP contribution in [-0.4, -0.2) is 10.1 Å². The van der Waals surface area contributed by atoms with Gasteiger partial charge in [0.1, 0.15) is 5.75 Å². The van der Waals surface area contributed by atoms with Crippen molar-refractivity contribution in [2.75, 3.05) is 0 Å². The molecule has 2 nitrogen and oxygen atoms in total. The predicted octanol–water partition coefficient (Wildman–Crippen LogP) is 2.12. The van der Waals surface area contributed by atoms with Gasteiger partial charge in [-0.3, -0.25) is 4.98 Å². The first-order valence-corrected chi connectivity index (χ1v) is 3.39. The molecule has 2 heteroatoms. The van der Waals surface area contributed by atoms with Crippen LogP contribution in [0.25, 0.3) is 0 Å². The number of nitrogens with zero attached hydrogens (tertiary/aromatic N) is 1. The van der Waals surface area contributed by atoms with Crippen LogP contribution in [0.4, 0.5) is 0 Å². The van der Waals surface area contributed by atoms with Crippen molar-refractivity contribution in [3.63, 3.8) is 0 Å². The summed E-state index contributed by atoms with van der Waals surface area (Å²) in [5, 5.41) is 8.75. The number of hydrogen-bond donors (Lipinski definition) is 1. The van der Waals surface area contributed by atoms with Crippen LogP contribution in [0.15, 0.2) is 18.5 Å². The highest BCUT2D eigenvalue weighted by atomic mass is 16.3. The largest absolute Gasteiger partial charge is 0.506 e. The van der Waals surface area contributed by atoms with Gasteiger partial charge in [-0.2, -0.15) is 0 Å². The molecule has 0 aromatic carbocycles. The van der Waals surface area contributed by atoms with Crippen LogP contribution < -0.4 is 0 Å². The molecule has 0 bridgehead atoms. The standard InChI is InChI=1S/C6H7NO.C2H6/c1-5-2-6(8)4-7-3-5;1-2/h2-4,8H,1H3;1-2H3. The molecule has 0 fully saturated rings. The van der Waals surface area contributed by atoms with E-state index in [1.54, 1.807) is 12.3 Å². The summed E-state index contributed by atoms with van der Waals surface area (Å²) in [5.41, 5.74) is 0.977. The summed E-state index contributed by atoms with van der Waals surface area (Å²) in [6, 6.07) is 1.66. The molecule has 0 spiro atoms. The lowest BCUT2D eigenvalue weighted by molar-refractivity contribution is 0.472. The molecule has 0 radical (unpaired) electrons. The third-order valence-corrected chi connectivity index (χ3v) is 0.861. The molecule has 1 rings (SSSR count). The maximum absolute atomic E-state index is 8.75. The van der Waals surface area contributed by atoms with Crippen molar-refractivity contribution in [2.45, 2.75) is 20.8 Å². The second-order valence-corrected chi connectivity index (χ2v) is 1.72. The Kier molecular flexibility index (Phi) is 4.29. The minimum absolute atomic E-state index is 0.227. The van der Waals surface area contributed by atoms with Crippen LogP contribution in [0, 0.1) is 6.92 Å². The van der Waals surface area contributed by atoms with E-state index in [-0.39, 0.29) is 5.75 Å². The first kappa shape index (κ1) is 8.95. The average Bonchev–Trinajstić information content (AvgIpc) is 1.91. The Morgan fingerprint density at radius 2 is 1.90 bits per heavy atom. The Hall–Kier alpha value is -1.05. The van der Waals surface area contributed by atoms with Crippen LogP contribution in [0.3, 0.4) is 0 Å². The van der Waals surface area contributed by atoms with Gasteiger partial charge in [0.2, 0.25) is 0 Å². The minimum Gasteiger partial charge on any atom is -0.506 e. The summed E-state index contributed by atoms with van der Waals surface area (Å²) in [4.78, 5) is 3.73. The first-order valence-electron chi connectivity index (χ1n) is 3.39. The smallest absolute Gasteiger partial charge is 0.134 e. The number of aromatic hydroxyl groups is 1.